The predicted molar refractivity (Wildman–Crippen MR) is 142 cm³/mol. The highest BCUT2D eigenvalue weighted by Crippen LogP contribution is 2.21. The van der Waals surface area contributed by atoms with Crippen molar-refractivity contribution in [1.29, 1.82) is 0 Å². The summed E-state index contributed by atoms with van der Waals surface area (Å²) in [6.45, 7) is 0. The minimum atomic E-state index is -1.43. The number of rotatable bonds is 10. The summed E-state index contributed by atoms with van der Waals surface area (Å²) in [6.07, 6.45) is 3.92. The van der Waals surface area contributed by atoms with E-state index in [1.54, 1.807) is 48.5 Å². The highest BCUT2D eigenvalue weighted by Gasteiger charge is 2.32. The maximum atomic E-state index is 13.5. The zero-order valence-electron chi connectivity index (χ0n) is 20.9. The van der Waals surface area contributed by atoms with Gasteiger partial charge >= 0.3 is 0 Å². The zero-order chi connectivity index (χ0) is 26.5. The van der Waals surface area contributed by atoms with Gasteiger partial charge in [0.1, 0.15) is 5.75 Å². The molecule has 2 aromatic carbocycles. The van der Waals surface area contributed by atoms with Crippen molar-refractivity contribution in [3.8, 4) is 22.8 Å². The average Bonchev–Trinajstić information content (AvgIpc) is 3.64. The van der Waals surface area contributed by atoms with E-state index in [9.17, 15) is 14.7 Å². The van der Waals surface area contributed by atoms with Gasteiger partial charge in [0, 0.05) is 24.0 Å². The third-order valence-electron chi connectivity index (χ3n) is 6.41. The molecular weight excluding hydrogens is 482 g/mol. The maximum absolute atomic E-state index is 13.5. The fraction of sp³-hybridized carbons (Fsp3) is 0.241. The predicted octanol–water partition coefficient (Wildman–Crippen LogP) is 2.92. The smallest absolute Gasteiger partial charge is 0.255 e. The number of hydrogen-bond donors (Lipinski definition) is 3. The van der Waals surface area contributed by atoms with E-state index in [2.05, 4.69) is 20.7 Å². The first-order valence-electron chi connectivity index (χ1n) is 12.5. The number of methoxy groups -OCH3 is 1. The van der Waals surface area contributed by atoms with Crippen LogP contribution in [0, 0.1) is 0 Å². The quantitative estimate of drug-likeness (QED) is 0.301. The Labute approximate surface area is 220 Å². The molecule has 0 saturated heterocycles. The van der Waals surface area contributed by atoms with Gasteiger partial charge in [0.15, 0.2) is 11.9 Å². The van der Waals surface area contributed by atoms with Crippen LogP contribution in [0.4, 0.5) is 0 Å². The molecule has 2 aromatic heterocycles. The fourth-order valence-corrected chi connectivity index (χ4v) is 4.16. The summed E-state index contributed by atoms with van der Waals surface area (Å²) in [4.78, 5) is 30.6. The molecule has 2 heterocycles. The topological polar surface area (TPSA) is 118 Å². The van der Waals surface area contributed by atoms with Gasteiger partial charge in [-0.3, -0.25) is 9.59 Å². The van der Waals surface area contributed by atoms with E-state index in [0.29, 0.717) is 11.6 Å². The first-order valence-corrected chi connectivity index (χ1v) is 12.5. The third-order valence-corrected chi connectivity index (χ3v) is 6.41. The summed E-state index contributed by atoms with van der Waals surface area (Å²) >= 11 is 0. The van der Waals surface area contributed by atoms with Gasteiger partial charge in [-0.05, 0) is 55.2 Å². The number of pyridine rings is 1. The van der Waals surface area contributed by atoms with Crippen molar-refractivity contribution in [3.63, 3.8) is 0 Å². The lowest BCUT2D eigenvalue weighted by Gasteiger charge is -2.24. The number of nitrogens with zero attached hydrogens (tertiary/aromatic N) is 3. The van der Waals surface area contributed by atoms with Crippen LogP contribution in [0.25, 0.3) is 17.1 Å². The Morgan fingerprint density at radius 3 is 2.53 bits per heavy atom. The summed E-state index contributed by atoms with van der Waals surface area (Å²) in [5.41, 5.74) is 2.79. The van der Waals surface area contributed by atoms with Crippen molar-refractivity contribution in [2.45, 2.75) is 37.5 Å². The number of amides is 2. The molecule has 1 aliphatic rings. The van der Waals surface area contributed by atoms with E-state index >= 15 is 0 Å². The molecule has 38 heavy (non-hydrogen) atoms. The molecule has 0 radical (unpaired) electrons. The Balaban J connectivity index is 1.39. The van der Waals surface area contributed by atoms with Crippen LogP contribution in [0.2, 0.25) is 0 Å². The van der Waals surface area contributed by atoms with Crippen LogP contribution in [-0.2, 0) is 11.2 Å². The number of aliphatic hydroxyl groups is 1. The molecule has 0 bridgehead atoms. The molecule has 0 spiro atoms. The Kier molecular flexibility index (Phi) is 7.46. The first-order chi connectivity index (χ1) is 18.5. The van der Waals surface area contributed by atoms with E-state index in [1.165, 1.54) is 0 Å². The lowest BCUT2D eigenvalue weighted by atomic mass is 9.99. The Morgan fingerprint density at radius 2 is 1.82 bits per heavy atom. The highest BCUT2D eigenvalue weighted by atomic mass is 16.5. The van der Waals surface area contributed by atoms with Crippen LogP contribution in [-0.4, -0.2) is 57.0 Å². The fourth-order valence-electron chi connectivity index (χ4n) is 4.16. The molecule has 0 aliphatic heterocycles. The van der Waals surface area contributed by atoms with Crippen LogP contribution < -0.4 is 15.4 Å². The van der Waals surface area contributed by atoms with Gasteiger partial charge in [-0.25, -0.2) is 9.67 Å². The number of ether oxygens (including phenoxy) is 1. The second-order valence-corrected chi connectivity index (χ2v) is 9.25. The van der Waals surface area contributed by atoms with Crippen LogP contribution in [0.3, 0.4) is 0 Å². The molecule has 1 aliphatic carbocycles. The molecular formula is C29H29N5O4. The van der Waals surface area contributed by atoms with Gasteiger partial charge in [-0.1, -0.05) is 42.5 Å². The monoisotopic (exact) mass is 511 g/mol. The Morgan fingerprint density at radius 1 is 1.05 bits per heavy atom. The molecule has 3 N–H and O–H groups in total. The van der Waals surface area contributed by atoms with Crippen molar-refractivity contribution in [1.82, 2.24) is 25.4 Å². The lowest BCUT2D eigenvalue weighted by Crippen LogP contribution is -2.52. The standard InChI is InChI=1S/C29H29N5O4/c1-38-22-13-9-19(10-14-22)18-25(26(35)29(37)31-21-11-12-21)32-28(36)23-8-5-16-30-27(23)34-17-15-24(33-34)20-6-3-2-4-7-20/h2-10,13-17,21,25-26,35H,11-12,18H2,1H3,(H,31,37)(H,32,36). The van der Waals surface area contributed by atoms with Crippen molar-refractivity contribution in [2.75, 3.05) is 7.11 Å². The number of aromatic nitrogens is 3. The summed E-state index contributed by atoms with van der Waals surface area (Å²) < 4.78 is 6.77. The van der Waals surface area contributed by atoms with E-state index in [1.807, 2.05) is 48.5 Å². The van der Waals surface area contributed by atoms with E-state index in [0.717, 1.165) is 29.7 Å². The van der Waals surface area contributed by atoms with E-state index in [4.69, 9.17) is 4.74 Å². The molecule has 194 valence electrons. The van der Waals surface area contributed by atoms with E-state index < -0.39 is 24.0 Å². The van der Waals surface area contributed by atoms with Gasteiger partial charge in [0.25, 0.3) is 11.8 Å². The number of carbonyl (C=O) groups excluding carboxylic acids is 2. The van der Waals surface area contributed by atoms with Gasteiger partial charge in [0.05, 0.1) is 24.4 Å². The summed E-state index contributed by atoms with van der Waals surface area (Å²) in [7, 11) is 1.58. The minimum absolute atomic E-state index is 0.0815. The van der Waals surface area contributed by atoms with Gasteiger partial charge in [0.2, 0.25) is 0 Å². The second kappa shape index (κ2) is 11.3. The third kappa shape index (κ3) is 5.90. The van der Waals surface area contributed by atoms with Crippen molar-refractivity contribution >= 4 is 11.8 Å². The van der Waals surface area contributed by atoms with E-state index in [-0.39, 0.29) is 18.0 Å². The van der Waals surface area contributed by atoms with Crippen LogP contribution in [0.5, 0.6) is 5.75 Å². The van der Waals surface area contributed by atoms with Gasteiger partial charge in [-0.2, -0.15) is 5.10 Å². The zero-order valence-corrected chi connectivity index (χ0v) is 20.9. The lowest BCUT2D eigenvalue weighted by molar-refractivity contribution is -0.130. The van der Waals surface area contributed by atoms with Gasteiger partial charge in [-0.15, -0.1) is 0 Å². The normalized spacial score (nSPS) is 14.4. The summed E-state index contributed by atoms with van der Waals surface area (Å²) in [5, 5.41) is 21.2. The second-order valence-electron chi connectivity index (χ2n) is 9.25. The SMILES string of the molecule is COc1ccc(CC(NC(=O)c2cccnc2-n2ccc(-c3ccccc3)n2)C(O)C(=O)NC2CC2)cc1. The molecule has 2 amide bonds. The largest absolute Gasteiger partial charge is 0.497 e. The highest BCUT2D eigenvalue weighted by molar-refractivity contribution is 5.97. The number of aliphatic hydroxyl groups excluding tert-OH is 1. The minimum Gasteiger partial charge on any atom is -0.497 e. The average molecular weight is 512 g/mol. The molecule has 4 aromatic rings. The maximum Gasteiger partial charge on any atom is 0.255 e. The van der Waals surface area contributed by atoms with Crippen molar-refractivity contribution in [2.24, 2.45) is 0 Å². The molecule has 9 nitrogen and oxygen atoms in total. The number of carbonyl (C=O) groups is 2. The molecule has 5 rings (SSSR count). The Hall–Kier alpha value is -4.50. The molecule has 2 atom stereocenters. The van der Waals surface area contributed by atoms with Crippen LogP contribution in [0.15, 0.2) is 85.2 Å². The number of hydrogen-bond acceptors (Lipinski definition) is 6. The Bertz CT molecular complexity index is 1400. The molecule has 9 heteroatoms. The first kappa shape index (κ1) is 25.2. The number of nitrogens with one attached hydrogen (secondary N) is 2. The van der Waals surface area contributed by atoms with Gasteiger partial charge < -0.3 is 20.5 Å². The number of benzene rings is 2. The molecule has 1 saturated carbocycles. The summed E-state index contributed by atoms with van der Waals surface area (Å²) in [6, 6.07) is 21.3. The van der Waals surface area contributed by atoms with Crippen LogP contribution in [0.1, 0.15) is 28.8 Å². The molecule has 2 unspecified atom stereocenters. The van der Waals surface area contributed by atoms with Crippen molar-refractivity contribution < 1.29 is 19.4 Å². The van der Waals surface area contributed by atoms with Crippen LogP contribution >= 0.6 is 0 Å². The summed E-state index contributed by atoms with van der Waals surface area (Å²) in [5.74, 6) is 0.0571. The van der Waals surface area contributed by atoms with Crippen molar-refractivity contribution in [3.05, 3.63) is 96.3 Å². The molecule has 1 fully saturated rings.